The van der Waals surface area contributed by atoms with Crippen LogP contribution < -0.4 is 10.2 Å². The first kappa shape index (κ1) is 16.6. The van der Waals surface area contributed by atoms with E-state index in [9.17, 15) is 4.39 Å². The van der Waals surface area contributed by atoms with E-state index in [2.05, 4.69) is 44.0 Å². The standard InChI is InChI=1S/C17H27FN2S/c1-5-9-19-13(2)16-14(18)7-6-8-15(16)20-10-11-21-17(3,4)12-20/h6-8,13,19H,5,9-12H2,1-4H3. The third-order valence-electron chi connectivity index (χ3n) is 3.93. The highest BCUT2D eigenvalue weighted by Crippen LogP contribution is 2.36. The van der Waals surface area contributed by atoms with E-state index in [1.165, 1.54) is 0 Å². The molecular weight excluding hydrogens is 283 g/mol. The predicted molar refractivity (Wildman–Crippen MR) is 91.9 cm³/mol. The Balaban J connectivity index is 2.28. The van der Waals surface area contributed by atoms with Crippen LogP contribution in [0.4, 0.5) is 10.1 Å². The highest BCUT2D eigenvalue weighted by molar-refractivity contribution is 8.00. The molecule has 0 amide bonds. The zero-order valence-corrected chi connectivity index (χ0v) is 14.4. The molecule has 0 aliphatic carbocycles. The molecule has 1 aliphatic rings. The van der Waals surface area contributed by atoms with Crippen molar-refractivity contribution in [3.63, 3.8) is 0 Å². The Morgan fingerprint density at radius 3 is 2.86 bits per heavy atom. The number of anilines is 1. The largest absolute Gasteiger partial charge is 0.369 e. The summed E-state index contributed by atoms with van der Waals surface area (Å²) >= 11 is 2.00. The Hall–Kier alpha value is -0.740. The van der Waals surface area contributed by atoms with Gasteiger partial charge in [-0.2, -0.15) is 11.8 Å². The summed E-state index contributed by atoms with van der Waals surface area (Å²) in [5.41, 5.74) is 1.87. The van der Waals surface area contributed by atoms with Crippen LogP contribution in [0.1, 0.15) is 45.7 Å². The zero-order valence-electron chi connectivity index (χ0n) is 13.6. The fraction of sp³-hybridized carbons (Fsp3) is 0.647. The number of hydrogen-bond acceptors (Lipinski definition) is 3. The molecule has 1 atom stereocenters. The molecule has 1 unspecified atom stereocenters. The van der Waals surface area contributed by atoms with Crippen molar-refractivity contribution in [1.29, 1.82) is 0 Å². The maximum Gasteiger partial charge on any atom is 0.130 e. The predicted octanol–water partition coefficient (Wildman–Crippen LogP) is 4.22. The van der Waals surface area contributed by atoms with Crippen LogP contribution in [0, 0.1) is 5.82 Å². The minimum Gasteiger partial charge on any atom is -0.369 e. The number of rotatable bonds is 5. The van der Waals surface area contributed by atoms with Crippen LogP contribution in [0.2, 0.25) is 0 Å². The lowest BCUT2D eigenvalue weighted by atomic mass is 10.0. The van der Waals surface area contributed by atoms with Gasteiger partial charge in [-0.25, -0.2) is 4.39 Å². The van der Waals surface area contributed by atoms with E-state index in [-0.39, 0.29) is 16.6 Å². The quantitative estimate of drug-likeness (QED) is 0.876. The smallest absolute Gasteiger partial charge is 0.130 e. The Morgan fingerprint density at radius 1 is 1.43 bits per heavy atom. The molecule has 0 spiro atoms. The van der Waals surface area contributed by atoms with E-state index in [1.54, 1.807) is 6.07 Å². The number of hydrogen-bond donors (Lipinski definition) is 1. The summed E-state index contributed by atoms with van der Waals surface area (Å²) in [5, 5.41) is 3.42. The number of nitrogens with one attached hydrogen (secondary N) is 1. The molecule has 1 aromatic carbocycles. The molecule has 2 nitrogen and oxygen atoms in total. The molecule has 1 fully saturated rings. The number of benzene rings is 1. The van der Waals surface area contributed by atoms with E-state index >= 15 is 0 Å². The van der Waals surface area contributed by atoms with Crippen LogP contribution in [0.5, 0.6) is 0 Å². The van der Waals surface area contributed by atoms with Crippen molar-refractivity contribution < 1.29 is 4.39 Å². The van der Waals surface area contributed by atoms with Gasteiger partial charge in [0.25, 0.3) is 0 Å². The lowest BCUT2D eigenvalue weighted by Crippen LogP contribution is -2.44. The average Bonchev–Trinajstić information content (AvgIpc) is 2.43. The number of nitrogens with zero attached hydrogens (tertiary/aromatic N) is 1. The number of thioether (sulfide) groups is 1. The summed E-state index contributed by atoms with van der Waals surface area (Å²) in [6.07, 6.45) is 1.06. The maximum atomic E-state index is 14.4. The van der Waals surface area contributed by atoms with Crippen molar-refractivity contribution >= 4 is 17.4 Å². The molecule has 1 aliphatic heterocycles. The minimum absolute atomic E-state index is 0.0406. The van der Waals surface area contributed by atoms with Gasteiger partial charge >= 0.3 is 0 Å². The van der Waals surface area contributed by atoms with Crippen LogP contribution in [0.15, 0.2) is 18.2 Å². The van der Waals surface area contributed by atoms with Gasteiger partial charge in [0.05, 0.1) is 0 Å². The van der Waals surface area contributed by atoms with Crippen molar-refractivity contribution in [2.75, 3.05) is 30.3 Å². The minimum atomic E-state index is -0.0976. The Bertz CT molecular complexity index is 476. The van der Waals surface area contributed by atoms with E-state index in [0.29, 0.717) is 0 Å². The Morgan fingerprint density at radius 2 is 2.19 bits per heavy atom. The topological polar surface area (TPSA) is 15.3 Å². The van der Waals surface area contributed by atoms with Crippen molar-refractivity contribution in [1.82, 2.24) is 5.32 Å². The SMILES string of the molecule is CCCNC(C)c1c(F)cccc1N1CCSC(C)(C)C1. The molecule has 1 N–H and O–H groups in total. The summed E-state index contributed by atoms with van der Waals surface area (Å²) in [4.78, 5) is 2.35. The molecular formula is C17H27FN2S. The second-order valence-corrected chi connectivity index (χ2v) is 8.18. The average molecular weight is 310 g/mol. The fourth-order valence-electron chi connectivity index (χ4n) is 2.92. The van der Waals surface area contributed by atoms with E-state index in [4.69, 9.17) is 0 Å². The Kier molecular flexibility index (Phi) is 5.55. The van der Waals surface area contributed by atoms with Gasteiger partial charge in [0, 0.05) is 40.9 Å². The van der Waals surface area contributed by atoms with Crippen LogP contribution in [-0.2, 0) is 0 Å². The van der Waals surface area contributed by atoms with Crippen LogP contribution in [0.25, 0.3) is 0 Å². The lowest BCUT2D eigenvalue weighted by Gasteiger charge is -2.40. The van der Waals surface area contributed by atoms with Gasteiger partial charge < -0.3 is 10.2 Å². The summed E-state index contributed by atoms with van der Waals surface area (Å²) in [5.74, 6) is 0.999. The highest BCUT2D eigenvalue weighted by atomic mass is 32.2. The summed E-state index contributed by atoms with van der Waals surface area (Å²) in [6, 6.07) is 5.51. The van der Waals surface area contributed by atoms with Gasteiger partial charge in [0.1, 0.15) is 5.82 Å². The molecule has 0 aromatic heterocycles. The van der Waals surface area contributed by atoms with Crippen molar-refractivity contribution in [2.24, 2.45) is 0 Å². The second kappa shape index (κ2) is 7.01. The first-order chi connectivity index (χ1) is 9.94. The fourth-order valence-corrected chi connectivity index (χ4v) is 4.03. The highest BCUT2D eigenvalue weighted by Gasteiger charge is 2.29. The van der Waals surface area contributed by atoms with Gasteiger partial charge in [0.15, 0.2) is 0 Å². The molecule has 0 radical (unpaired) electrons. The summed E-state index contributed by atoms with van der Waals surface area (Å²) in [7, 11) is 0. The lowest BCUT2D eigenvalue weighted by molar-refractivity contribution is 0.524. The molecule has 0 bridgehead atoms. The molecule has 4 heteroatoms. The molecule has 1 heterocycles. The van der Waals surface area contributed by atoms with E-state index in [0.717, 1.165) is 43.1 Å². The van der Waals surface area contributed by atoms with E-state index < -0.39 is 0 Å². The van der Waals surface area contributed by atoms with Gasteiger partial charge in [-0.15, -0.1) is 0 Å². The van der Waals surface area contributed by atoms with Gasteiger partial charge in [-0.3, -0.25) is 0 Å². The first-order valence-corrected chi connectivity index (χ1v) is 8.84. The second-order valence-electron chi connectivity index (χ2n) is 6.38. The van der Waals surface area contributed by atoms with Crippen molar-refractivity contribution in [3.8, 4) is 0 Å². The molecule has 2 rings (SSSR count). The summed E-state index contributed by atoms with van der Waals surface area (Å²) < 4.78 is 14.6. The molecule has 1 saturated heterocycles. The monoisotopic (exact) mass is 310 g/mol. The van der Waals surface area contributed by atoms with E-state index in [1.807, 2.05) is 17.8 Å². The Labute approximate surface area is 132 Å². The van der Waals surface area contributed by atoms with Gasteiger partial charge in [-0.05, 0) is 45.9 Å². The van der Waals surface area contributed by atoms with Crippen LogP contribution in [-0.4, -0.2) is 30.1 Å². The van der Waals surface area contributed by atoms with Crippen molar-refractivity contribution in [2.45, 2.75) is 44.9 Å². The maximum absolute atomic E-state index is 14.4. The van der Waals surface area contributed by atoms with Crippen LogP contribution in [0.3, 0.4) is 0 Å². The zero-order chi connectivity index (χ0) is 15.5. The molecule has 0 saturated carbocycles. The third-order valence-corrected chi connectivity index (χ3v) is 5.23. The van der Waals surface area contributed by atoms with Gasteiger partial charge in [0.2, 0.25) is 0 Å². The first-order valence-electron chi connectivity index (χ1n) is 7.85. The molecule has 21 heavy (non-hydrogen) atoms. The van der Waals surface area contributed by atoms with Crippen LogP contribution >= 0.6 is 11.8 Å². The van der Waals surface area contributed by atoms with Gasteiger partial charge in [-0.1, -0.05) is 13.0 Å². The number of halogens is 1. The molecule has 1 aromatic rings. The van der Waals surface area contributed by atoms with Crippen molar-refractivity contribution in [3.05, 3.63) is 29.6 Å². The molecule has 118 valence electrons. The summed E-state index contributed by atoms with van der Waals surface area (Å²) in [6.45, 7) is 11.6. The third kappa shape index (κ3) is 4.13. The normalized spacial score (nSPS) is 19.6.